The molecule has 27 heavy (non-hydrogen) atoms. The topological polar surface area (TPSA) is 92.7 Å². The molecule has 0 unspecified atom stereocenters. The molecular weight excluding hydrogens is 366 g/mol. The Kier molecular flexibility index (Phi) is 6.85. The van der Waals surface area contributed by atoms with Gasteiger partial charge < -0.3 is 9.84 Å². The van der Waals surface area contributed by atoms with E-state index in [0.717, 1.165) is 18.4 Å². The molecular formula is C20H25NO5S. The van der Waals surface area contributed by atoms with E-state index < -0.39 is 16.0 Å². The second kappa shape index (κ2) is 8.90. The van der Waals surface area contributed by atoms with Gasteiger partial charge in [-0.25, -0.2) is 13.2 Å². The summed E-state index contributed by atoms with van der Waals surface area (Å²) in [6, 6.07) is 10.6. The number of rotatable bonds is 9. The van der Waals surface area contributed by atoms with Gasteiger partial charge in [-0.05, 0) is 48.2 Å². The minimum atomic E-state index is -3.94. The molecule has 7 heteroatoms. The quantitative estimate of drug-likeness (QED) is 0.615. The van der Waals surface area contributed by atoms with Crippen molar-refractivity contribution < 1.29 is 23.1 Å². The highest BCUT2D eigenvalue weighted by atomic mass is 32.2. The van der Waals surface area contributed by atoms with Crippen molar-refractivity contribution in [2.45, 2.75) is 44.4 Å². The SMILES string of the molecule is CCCCOc1ccc(S(=O)(=O)Nc2ccccc2C(=O)O)cc1C(C)C. The van der Waals surface area contributed by atoms with Crippen LogP contribution in [0.1, 0.15) is 55.5 Å². The van der Waals surface area contributed by atoms with Crippen LogP contribution >= 0.6 is 0 Å². The summed E-state index contributed by atoms with van der Waals surface area (Å²) < 4.78 is 33.7. The Hall–Kier alpha value is -2.54. The van der Waals surface area contributed by atoms with Gasteiger partial charge in [0.2, 0.25) is 0 Å². The van der Waals surface area contributed by atoms with E-state index in [1.165, 1.54) is 18.2 Å². The Morgan fingerprint density at radius 1 is 1.19 bits per heavy atom. The molecule has 0 aliphatic rings. The maximum atomic E-state index is 12.8. The van der Waals surface area contributed by atoms with E-state index in [4.69, 9.17) is 4.74 Å². The van der Waals surface area contributed by atoms with Crippen molar-refractivity contribution in [1.82, 2.24) is 0 Å². The molecule has 0 spiro atoms. The number of ether oxygens (including phenoxy) is 1. The van der Waals surface area contributed by atoms with Crippen LogP contribution in [0.5, 0.6) is 5.75 Å². The summed E-state index contributed by atoms with van der Waals surface area (Å²) in [5, 5.41) is 9.24. The van der Waals surface area contributed by atoms with E-state index in [0.29, 0.717) is 12.4 Å². The van der Waals surface area contributed by atoms with Crippen molar-refractivity contribution in [3.63, 3.8) is 0 Å². The van der Waals surface area contributed by atoms with Crippen LogP contribution in [0.15, 0.2) is 47.4 Å². The molecule has 146 valence electrons. The van der Waals surface area contributed by atoms with Gasteiger partial charge in [0, 0.05) is 0 Å². The molecule has 6 nitrogen and oxygen atoms in total. The van der Waals surface area contributed by atoms with Crippen LogP contribution in [0, 0.1) is 0 Å². The number of unbranched alkanes of at least 4 members (excludes halogenated alkanes) is 1. The van der Waals surface area contributed by atoms with Gasteiger partial charge in [0.25, 0.3) is 10.0 Å². The normalized spacial score (nSPS) is 11.4. The van der Waals surface area contributed by atoms with E-state index in [1.807, 2.05) is 13.8 Å². The van der Waals surface area contributed by atoms with Gasteiger partial charge in [-0.3, -0.25) is 4.72 Å². The Morgan fingerprint density at radius 2 is 1.89 bits per heavy atom. The molecule has 0 saturated heterocycles. The lowest BCUT2D eigenvalue weighted by Crippen LogP contribution is -2.16. The average molecular weight is 391 g/mol. The van der Waals surface area contributed by atoms with Crippen molar-refractivity contribution in [2.24, 2.45) is 0 Å². The lowest BCUT2D eigenvalue weighted by molar-refractivity contribution is 0.0698. The molecule has 0 radical (unpaired) electrons. The maximum absolute atomic E-state index is 12.8. The highest BCUT2D eigenvalue weighted by molar-refractivity contribution is 7.92. The standard InChI is InChI=1S/C20H25NO5S/c1-4-5-12-26-19-11-10-15(13-17(19)14(2)3)27(24,25)21-18-9-7-6-8-16(18)20(22)23/h6-11,13-14,21H,4-5,12H2,1-3H3,(H,22,23). The molecule has 0 heterocycles. The number of carboxylic acid groups (broad SMARTS) is 1. The molecule has 0 bridgehead atoms. The largest absolute Gasteiger partial charge is 0.493 e. The summed E-state index contributed by atoms with van der Waals surface area (Å²) in [5.74, 6) is -0.456. The molecule has 2 rings (SSSR count). The molecule has 0 aromatic heterocycles. The number of sulfonamides is 1. The van der Waals surface area contributed by atoms with Gasteiger partial charge in [0.15, 0.2) is 0 Å². The summed E-state index contributed by atoms with van der Waals surface area (Å²) >= 11 is 0. The van der Waals surface area contributed by atoms with Gasteiger partial charge in [0.1, 0.15) is 5.75 Å². The van der Waals surface area contributed by atoms with Crippen LogP contribution in [0.2, 0.25) is 0 Å². The van der Waals surface area contributed by atoms with Crippen LogP contribution < -0.4 is 9.46 Å². The van der Waals surface area contributed by atoms with Gasteiger partial charge in [0.05, 0.1) is 22.8 Å². The van der Waals surface area contributed by atoms with E-state index in [9.17, 15) is 18.3 Å². The van der Waals surface area contributed by atoms with Gasteiger partial charge in [-0.2, -0.15) is 0 Å². The van der Waals surface area contributed by atoms with Crippen molar-refractivity contribution >= 4 is 21.7 Å². The average Bonchev–Trinajstić information content (AvgIpc) is 2.61. The predicted molar refractivity (Wildman–Crippen MR) is 105 cm³/mol. The lowest BCUT2D eigenvalue weighted by Gasteiger charge is -2.16. The molecule has 0 saturated carbocycles. The third kappa shape index (κ3) is 5.23. The van der Waals surface area contributed by atoms with Crippen molar-refractivity contribution in [1.29, 1.82) is 0 Å². The van der Waals surface area contributed by atoms with Gasteiger partial charge in [-0.1, -0.05) is 39.3 Å². The number of anilines is 1. The first-order valence-corrected chi connectivity index (χ1v) is 10.4. The maximum Gasteiger partial charge on any atom is 0.337 e. The van der Waals surface area contributed by atoms with Crippen molar-refractivity contribution in [3.05, 3.63) is 53.6 Å². The second-order valence-corrected chi connectivity index (χ2v) is 8.19. The minimum absolute atomic E-state index is 0.0272. The second-order valence-electron chi connectivity index (χ2n) is 6.51. The molecule has 0 atom stereocenters. The Labute approximate surface area is 160 Å². The fraction of sp³-hybridized carbons (Fsp3) is 0.350. The van der Waals surface area contributed by atoms with E-state index in [-0.39, 0.29) is 22.1 Å². The zero-order valence-electron chi connectivity index (χ0n) is 15.7. The lowest BCUT2D eigenvalue weighted by atomic mass is 10.0. The fourth-order valence-corrected chi connectivity index (χ4v) is 3.68. The first-order valence-electron chi connectivity index (χ1n) is 8.88. The number of para-hydroxylation sites is 1. The molecule has 2 aromatic carbocycles. The number of benzene rings is 2. The smallest absolute Gasteiger partial charge is 0.337 e. The molecule has 0 fully saturated rings. The zero-order chi connectivity index (χ0) is 20.0. The number of nitrogens with one attached hydrogen (secondary N) is 1. The van der Waals surface area contributed by atoms with E-state index >= 15 is 0 Å². The highest BCUT2D eigenvalue weighted by Crippen LogP contribution is 2.30. The molecule has 2 aromatic rings. The Morgan fingerprint density at radius 3 is 2.52 bits per heavy atom. The number of aromatic carboxylic acids is 1. The van der Waals surface area contributed by atoms with Crippen molar-refractivity contribution in [3.8, 4) is 5.75 Å². The minimum Gasteiger partial charge on any atom is -0.493 e. The predicted octanol–water partition coefficient (Wildman–Crippen LogP) is 4.49. The molecule has 0 aliphatic heterocycles. The zero-order valence-corrected chi connectivity index (χ0v) is 16.5. The molecule has 0 aliphatic carbocycles. The molecule has 2 N–H and O–H groups in total. The van der Waals surface area contributed by atoms with Crippen LogP contribution in [0.4, 0.5) is 5.69 Å². The molecule has 0 amide bonds. The number of carboxylic acids is 1. The number of hydrogen-bond acceptors (Lipinski definition) is 4. The van der Waals surface area contributed by atoms with Gasteiger partial charge in [-0.15, -0.1) is 0 Å². The van der Waals surface area contributed by atoms with Gasteiger partial charge >= 0.3 is 5.97 Å². The Balaban J connectivity index is 2.36. The summed E-state index contributed by atoms with van der Waals surface area (Å²) in [6.07, 6.45) is 1.93. The third-order valence-electron chi connectivity index (χ3n) is 4.07. The summed E-state index contributed by atoms with van der Waals surface area (Å²) in [4.78, 5) is 11.4. The van der Waals surface area contributed by atoms with Crippen LogP contribution in [0.25, 0.3) is 0 Å². The van der Waals surface area contributed by atoms with Crippen LogP contribution in [-0.4, -0.2) is 26.1 Å². The number of carbonyl (C=O) groups is 1. The summed E-state index contributed by atoms with van der Waals surface area (Å²) in [6.45, 7) is 6.58. The summed E-state index contributed by atoms with van der Waals surface area (Å²) in [7, 11) is -3.94. The fourth-order valence-electron chi connectivity index (χ4n) is 2.57. The van der Waals surface area contributed by atoms with Crippen LogP contribution in [0.3, 0.4) is 0 Å². The van der Waals surface area contributed by atoms with E-state index in [2.05, 4.69) is 11.6 Å². The van der Waals surface area contributed by atoms with Crippen molar-refractivity contribution in [2.75, 3.05) is 11.3 Å². The first-order chi connectivity index (χ1) is 12.8. The third-order valence-corrected chi connectivity index (χ3v) is 5.43. The monoisotopic (exact) mass is 391 g/mol. The van der Waals surface area contributed by atoms with Crippen LogP contribution in [-0.2, 0) is 10.0 Å². The summed E-state index contributed by atoms with van der Waals surface area (Å²) in [5.41, 5.74) is 0.713. The Bertz CT molecular complexity index is 906. The van der Waals surface area contributed by atoms with E-state index in [1.54, 1.807) is 24.3 Å². The highest BCUT2D eigenvalue weighted by Gasteiger charge is 2.20. The first kappa shape index (κ1) is 20.8. The number of hydrogen-bond donors (Lipinski definition) is 2.